The quantitative estimate of drug-likeness (QED) is 0.228. The van der Waals surface area contributed by atoms with Crippen LogP contribution in [-0.4, -0.2) is 35.3 Å². The van der Waals surface area contributed by atoms with E-state index >= 15 is 0 Å². The Morgan fingerprint density at radius 1 is 0.905 bits per heavy atom. The van der Waals surface area contributed by atoms with Crippen molar-refractivity contribution in [2.75, 3.05) is 29.7 Å². The van der Waals surface area contributed by atoms with Gasteiger partial charge >= 0.3 is 0 Å². The van der Waals surface area contributed by atoms with Crippen LogP contribution in [0.15, 0.2) is 78.1 Å². The van der Waals surface area contributed by atoms with Gasteiger partial charge in [0.25, 0.3) is 11.8 Å². The van der Waals surface area contributed by atoms with Gasteiger partial charge < -0.3 is 25.4 Å². The number of nitrogens with one attached hydrogen (secondary N) is 3. The van der Waals surface area contributed by atoms with Crippen molar-refractivity contribution >= 4 is 29.0 Å². The molecule has 42 heavy (non-hydrogen) atoms. The van der Waals surface area contributed by atoms with Gasteiger partial charge in [-0.3, -0.25) is 9.59 Å². The Hall–Kier alpha value is -5.05. The fraction of sp³-hybridized carbons (Fsp3) is 0.242. The molecule has 4 aromatic rings. The summed E-state index contributed by atoms with van der Waals surface area (Å²) in [6, 6.07) is 18.4. The van der Waals surface area contributed by atoms with E-state index in [9.17, 15) is 9.59 Å². The van der Waals surface area contributed by atoms with E-state index in [4.69, 9.17) is 9.47 Å². The van der Waals surface area contributed by atoms with E-state index in [-0.39, 0.29) is 11.8 Å². The number of anilines is 3. The number of carbonyl (C=O) groups excluding carboxylic acids is 2. The number of hydrogen-bond donors (Lipinski definition) is 3. The second-order valence-corrected chi connectivity index (χ2v) is 10.4. The molecule has 1 aromatic heterocycles. The lowest BCUT2D eigenvalue weighted by Gasteiger charge is -2.30. The number of amides is 2. The van der Waals surface area contributed by atoms with Gasteiger partial charge in [0.2, 0.25) is 0 Å². The van der Waals surface area contributed by atoms with Crippen LogP contribution in [0.1, 0.15) is 52.5 Å². The molecule has 9 nitrogen and oxygen atoms in total. The molecule has 0 aliphatic carbocycles. The summed E-state index contributed by atoms with van der Waals surface area (Å²) in [5.74, 6) is 1.02. The average molecular weight is 566 g/mol. The van der Waals surface area contributed by atoms with Gasteiger partial charge in [-0.25, -0.2) is 4.68 Å². The highest BCUT2D eigenvalue weighted by atomic mass is 16.5. The van der Waals surface area contributed by atoms with Crippen LogP contribution in [0.25, 0.3) is 0 Å². The van der Waals surface area contributed by atoms with Gasteiger partial charge in [0.15, 0.2) is 11.5 Å². The summed E-state index contributed by atoms with van der Waals surface area (Å²) < 4.78 is 13.0. The third-order valence-electron chi connectivity index (χ3n) is 7.26. The van der Waals surface area contributed by atoms with E-state index in [1.165, 1.54) is 6.20 Å². The van der Waals surface area contributed by atoms with Crippen LogP contribution < -0.4 is 25.4 Å². The molecule has 0 fully saturated rings. The Labute approximate surface area is 245 Å². The molecule has 1 aliphatic rings. The normalized spacial score (nSPS) is 14.1. The topological polar surface area (TPSA) is 107 Å². The van der Waals surface area contributed by atoms with Crippen LogP contribution in [-0.2, 0) is 4.79 Å². The molecule has 0 unspecified atom stereocenters. The van der Waals surface area contributed by atoms with Crippen LogP contribution in [0.4, 0.5) is 17.2 Å². The van der Waals surface area contributed by atoms with Crippen molar-refractivity contribution < 1.29 is 19.1 Å². The maximum absolute atomic E-state index is 14.0. The molecule has 3 aromatic carbocycles. The fourth-order valence-electron chi connectivity index (χ4n) is 5.13. The average Bonchev–Trinajstić information content (AvgIpc) is 3.39. The number of nitrogens with zero attached hydrogens (tertiary/aromatic N) is 2. The highest BCUT2D eigenvalue weighted by Gasteiger charge is 2.36. The molecule has 1 aliphatic heterocycles. The molecule has 2 amide bonds. The molecular weight excluding hydrogens is 530 g/mol. The Bertz CT molecular complexity index is 1690. The summed E-state index contributed by atoms with van der Waals surface area (Å²) in [6.45, 7) is 10.2. The predicted molar refractivity (Wildman–Crippen MR) is 165 cm³/mol. The summed E-state index contributed by atoms with van der Waals surface area (Å²) in [4.78, 5) is 27.3. The molecule has 0 saturated heterocycles. The molecule has 2 heterocycles. The summed E-state index contributed by atoms with van der Waals surface area (Å²) in [7, 11) is 1.58. The molecular formula is C33H35N5O4. The molecule has 0 spiro atoms. The van der Waals surface area contributed by atoms with Crippen LogP contribution >= 0.6 is 0 Å². The lowest BCUT2D eigenvalue weighted by molar-refractivity contribution is -0.113. The third kappa shape index (κ3) is 5.58. The number of aromatic nitrogens is 2. The lowest BCUT2D eigenvalue weighted by Crippen LogP contribution is -2.32. The van der Waals surface area contributed by atoms with Crippen molar-refractivity contribution in [3.8, 4) is 11.5 Å². The number of fused-ring (bicyclic) bond motifs is 1. The van der Waals surface area contributed by atoms with Gasteiger partial charge in [-0.05, 0) is 76.1 Å². The Morgan fingerprint density at radius 2 is 1.64 bits per heavy atom. The largest absolute Gasteiger partial charge is 0.493 e. The number of methoxy groups -OCH3 is 1. The van der Waals surface area contributed by atoms with Gasteiger partial charge in [-0.1, -0.05) is 41.5 Å². The van der Waals surface area contributed by atoms with E-state index in [1.807, 2.05) is 95.3 Å². The molecule has 1 atom stereocenters. The van der Waals surface area contributed by atoms with E-state index in [0.717, 1.165) is 27.9 Å². The highest BCUT2D eigenvalue weighted by Crippen LogP contribution is 2.41. The minimum Gasteiger partial charge on any atom is -0.493 e. The van der Waals surface area contributed by atoms with Crippen LogP contribution in [0.3, 0.4) is 0 Å². The van der Waals surface area contributed by atoms with Gasteiger partial charge in [-0.15, -0.1) is 0 Å². The maximum atomic E-state index is 14.0. The SMILES string of the molecule is CCOc1ccc([C@@H]2C(C(=O)Nc3ccc(C)cc3C)=C(C)Nc3c(C(=O)Nc4ccc(C)cc4)cnn32)cc1OC. The first kappa shape index (κ1) is 28.5. The zero-order valence-electron chi connectivity index (χ0n) is 24.7. The number of carbonyl (C=O) groups is 2. The number of benzene rings is 3. The summed E-state index contributed by atoms with van der Waals surface area (Å²) >= 11 is 0. The number of rotatable bonds is 8. The second kappa shape index (κ2) is 11.8. The predicted octanol–water partition coefficient (Wildman–Crippen LogP) is 6.40. The Balaban J connectivity index is 1.58. The maximum Gasteiger partial charge on any atom is 0.261 e. The monoisotopic (exact) mass is 565 g/mol. The summed E-state index contributed by atoms with van der Waals surface area (Å²) in [5, 5.41) is 13.9. The molecule has 0 saturated carbocycles. The van der Waals surface area contributed by atoms with Gasteiger partial charge in [-0.2, -0.15) is 5.10 Å². The molecule has 0 bridgehead atoms. The molecule has 216 valence electrons. The zero-order valence-corrected chi connectivity index (χ0v) is 24.7. The number of allylic oxidation sites excluding steroid dienone is 1. The van der Waals surface area contributed by atoms with E-state index in [2.05, 4.69) is 21.0 Å². The number of aryl methyl sites for hydroxylation is 3. The second-order valence-electron chi connectivity index (χ2n) is 10.4. The molecule has 3 N–H and O–H groups in total. The first-order valence-electron chi connectivity index (χ1n) is 13.8. The van der Waals surface area contributed by atoms with E-state index in [1.54, 1.807) is 11.8 Å². The minimum atomic E-state index is -0.655. The van der Waals surface area contributed by atoms with Gasteiger partial charge in [0, 0.05) is 17.1 Å². The van der Waals surface area contributed by atoms with Crippen LogP contribution in [0, 0.1) is 20.8 Å². The van der Waals surface area contributed by atoms with Crippen molar-refractivity contribution in [3.63, 3.8) is 0 Å². The molecule has 0 radical (unpaired) electrons. The Morgan fingerprint density at radius 3 is 2.33 bits per heavy atom. The highest BCUT2D eigenvalue weighted by molar-refractivity contribution is 6.09. The number of ether oxygens (including phenoxy) is 2. The first-order chi connectivity index (χ1) is 20.2. The van der Waals surface area contributed by atoms with Gasteiger partial charge in [0.1, 0.15) is 17.4 Å². The summed E-state index contributed by atoms with van der Waals surface area (Å²) in [5.41, 5.74) is 6.72. The van der Waals surface area contributed by atoms with Crippen molar-refractivity contribution in [2.45, 2.75) is 40.7 Å². The number of hydrogen-bond acceptors (Lipinski definition) is 6. The van der Waals surface area contributed by atoms with Crippen LogP contribution in [0.2, 0.25) is 0 Å². The fourth-order valence-corrected chi connectivity index (χ4v) is 5.13. The molecule has 5 rings (SSSR count). The minimum absolute atomic E-state index is 0.281. The van der Waals surface area contributed by atoms with Crippen molar-refractivity contribution in [2.24, 2.45) is 0 Å². The molecule has 9 heteroatoms. The van der Waals surface area contributed by atoms with Crippen molar-refractivity contribution in [1.82, 2.24) is 9.78 Å². The smallest absolute Gasteiger partial charge is 0.261 e. The Kier molecular flexibility index (Phi) is 8.01. The first-order valence-corrected chi connectivity index (χ1v) is 13.8. The standard InChI is InChI=1S/C33H35N5O4/c1-7-42-27-15-11-23(17-28(27)41-6)30-29(33(40)37-26-14-10-20(3)16-21(26)4)22(5)35-31-25(18-34-38(30)31)32(39)36-24-12-8-19(2)9-13-24/h8-18,30,35H,7H2,1-6H3,(H,36,39)(H,37,40)/t30-/m1/s1. The van der Waals surface area contributed by atoms with Crippen molar-refractivity contribution in [3.05, 3.63) is 106 Å². The van der Waals surface area contributed by atoms with Crippen LogP contribution in [0.5, 0.6) is 11.5 Å². The van der Waals surface area contributed by atoms with E-state index in [0.29, 0.717) is 46.4 Å². The summed E-state index contributed by atoms with van der Waals surface area (Å²) in [6.07, 6.45) is 1.52. The van der Waals surface area contributed by atoms with Crippen molar-refractivity contribution in [1.29, 1.82) is 0 Å². The third-order valence-corrected chi connectivity index (χ3v) is 7.26. The van der Waals surface area contributed by atoms with Gasteiger partial charge in [0.05, 0.1) is 25.5 Å². The zero-order chi connectivity index (χ0) is 30.0. The lowest BCUT2D eigenvalue weighted by atomic mass is 9.94. The van der Waals surface area contributed by atoms with E-state index < -0.39 is 6.04 Å².